The third-order valence-electron chi connectivity index (χ3n) is 4.05. The second-order valence-corrected chi connectivity index (χ2v) is 8.19. The van der Waals surface area contributed by atoms with Gasteiger partial charge >= 0.3 is 14.0 Å². The molecule has 0 fully saturated rings. The number of aliphatic hydroxyl groups is 1. The average Bonchev–Trinajstić information content (AvgIpc) is 2.71. The average molecular weight is 483 g/mol. The van der Waals surface area contributed by atoms with E-state index in [0.29, 0.717) is 6.42 Å². The smallest absolute Gasteiger partial charge is 0.394 e. The summed E-state index contributed by atoms with van der Waals surface area (Å²) in [4.78, 5) is 17.5. The zero-order valence-electron chi connectivity index (χ0n) is 18.3. The highest BCUT2D eigenvalue weighted by Gasteiger charge is 2.33. The first-order valence-electron chi connectivity index (χ1n) is 9.95. The van der Waals surface area contributed by atoms with Gasteiger partial charge in [-0.1, -0.05) is 42.5 Å². The van der Waals surface area contributed by atoms with Gasteiger partial charge in [0, 0.05) is 6.61 Å². The van der Waals surface area contributed by atoms with Crippen molar-refractivity contribution in [2.24, 2.45) is 5.73 Å². The first-order valence-corrected chi connectivity index (χ1v) is 11.5. The number of alkyl halides is 3. The summed E-state index contributed by atoms with van der Waals surface area (Å²) in [5.74, 6) is 0. The Labute approximate surface area is 187 Å². The van der Waals surface area contributed by atoms with Crippen LogP contribution in [0.15, 0.2) is 59.8 Å². The number of rotatable bonds is 15. The van der Waals surface area contributed by atoms with Gasteiger partial charge in [-0.3, -0.25) is 4.52 Å². The van der Waals surface area contributed by atoms with E-state index in [0.717, 1.165) is 25.0 Å². The lowest BCUT2D eigenvalue weighted by Crippen LogP contribution is -2.46. The summed E-state index contributed by atoms with van der Waals surface area (Å²) in [6.45, 7) is 1.49. The molecule has 0 aliphatic rings. The SMILES string of the molecule is C/C=C\C=C/CCCCOC\C(=C/C(=C\C)/C=C/C(N)(CO)COP(=O)(O)O)C(F)(F)F. The zero-order valence-corrected chi connectivity index (χ0v) is 19.2. The molecule has 1 atom stereocenters. The minimum Gasteiger partial charge on any atom is -0.394 e. The molecule has 0 saturated heterocycles. The minimum atomic E-state index is -4.83. The van der Waals surface area contributed by atoms with Gasteiger partial charge in [-0.05, 0) is 44.8 Å². The highest BCUT2D eigenvalue weighted by atomic mass is 31.2. The van der Waals surface area contributed by atoms with Crippen molar-refractivity contribution < 1.29 is 41.9 Å². The molecule has 0 spiro atoms. The second kappa shape index (κ2) is 15.3. The van der Waals surface area contributed by atoms with Gasteiger partial charge in [-0.15, -0.1) is 0 Å². The van der Waals surface area contributed by atoms with Crippen LogP contribution in [0.1, 0.15) is 33.1 Å². The quantitative estimate of drug-likeness (QED) is 0.157. The molecule has 0 aromatic carbocycles. The molecular formula is C21H33F3NO6P. The molecule has 11 heteroatoms. The molecule has 0 bridgehead atoms. The Hall–Kier alpha value is -1.52. The standard InChI is InChI=1S/C21H33F3NO6P/c1-3-5-6-7-8-9-10-13-30-15-19(21(22,23)24)14-18(4-2)11-12-20(25,16-26)17-31-32(27,28)29/h3-7,11-12,14,26H,8-10,13,15-17,25H2,1-2H3,(H2,27,28,29)/b5-3-,7-6-,12-11+,18-4-,19-14+. The molecule has 5 N–H and O–H groups in total. The number of phosphoric ester groups is 1. The Balaban J connectivity index is 5.02. The number of aliphatic hydroxyl groups excluding tert-OH is 1. The molecule has 0 aromatic heterocycles. The Morgan fingerprint density at radius 2 is 1.84 bits per heavy atom. The van der Waals surface area contributed by atoms with E-state index in [1.165, 1.54) is 19.1 Å². The lowest BCUT2D eigenvalue weighted by molar-refractivity contribution is -0.101. The van der Waals surface area contributed by atoms with E-state index in [1.54, 1.807) is 0 Å². The van der Waals surface area contributed by atoms with E-state index >= 15 is 0 Å². The predicted octanol–water partition coefficient (Wildman–Crippen LogP) is 4.10. The number of phosphoric acid groups is 1. The molecule has 32 heavy (non-hydrogen) atoms. The fourth-order valence-electron chi connectivity index (χ4n) is 2.18. The maximum atomic E-state index is 13.4. The van der Waals surface area contributed by atoms with Crippen molar-refractivity contribution in [2.75, 3.05) is 26.4 Å². The van der Waals surface area contributed by atoms with Crippen molar-refractivity contribution in [2.45, 2.75) is 44.8 Å². The van der Waals surface area contributed by atoms with E-state index < -0.39 is 44.9 Å². The van der Waals surface area contributed by atoms with E-state index in [2.05, 4.69) is 4.52 Å². The van der Waals surface area contributed by atoms with Crippen LogP contribution in [0, 0.1) is 0 Å². The molecule has 0 aliphatic heterocycles. The largest absolute Gasteiger partial charge is 0.469 e. The van der Waals surface area contributed by atoms with Crippen molar-refractivity contribution in [3.8, 4) is 0 Å². The fourth-order valence-corrected chi connectivity index (χ4v) is 2.59. The van der Waals surface area contributed by atoms with Gasteiger partial charge in [0.1, 0.15) is 0 Å². The van der Waals surface area contributed by atoms with Gasteiger partial charge in [0.05, 0.1) is 30.9 Å². The van der Waals surface area contributed by atoms with Gasteiger partial charge in [0.2, 0.25) is 0 Å². The van der Waals surface area contributed by atoms with Crippen LogP contribution in [0.4, 0.5) is 13.2 Å². The van der Waals surface area contributed by atoms with Crippen LogP contribution < -0.4 is 5.73 Å². The van der Waals surface area contributed by atoms with Crippen molar-refractivity contribution >= 4 is 7.82 Å². The molecule has 0 amide bonds. The lowest BCUT2D eigenvalue weighted by atomic mass is 10.0. The Morgan fingerprint density at radius 1 is 1.16 bits per heavy atom. The molecule has 0 aromatic rings. The first kappa shape index (κ1) is 30.5. The van der Waals surface area contributed by atoms with Gasteiger partial charge in [-0.25, -0.2) is 4.57 Å². The lowest BCUT2D eigenvalue weighted by Gasteiger charge is -2.23. The first-order chi connectivity index (χ1) is 14.9. The van der Waals surface area contributed by atoms with E-state index in [-0.39, 0.29) is 12.2 Å². The molecule has 0 saturated carbocycles. The van der Waals surface area contributed by atoms with E-state index in [1.807, 2.05) is 31.2 Å². The summed E-state index contributed by atoms with van der Waals surface area (Å²) in [6.07, 6.45) is 9.88. The van der Waals surface area contributed by atoms with Crippen molar-refractivity contribution in [1.82, 2.24) is 0 Å². The van der Waals surface area contributed by atoms with Crippen LogP contribution in [0.25, 0.3) is 0 Å². The summed E-state index contributed by atoms with van der Waals surface area (Å²) in [5, 5.41) is 9.37. The number of nitrogens with two attached hydrogens (primary N) is 1. The maximum Gasteiger partial charge on any atom is 0.469 e. The van der Waals surface area contributed by atoms with Crippen molar-refractivity contribution in [3.63, 3.8) is 0 Å². The van der Waals surface area contributed by atoms with Crippen LogP contribution in [-0.4, -0.2) is 53.0 Å². The number of unbranched alkanes of at least 4 members (excludes halogenated alkanes) is 2. The fraction of sp³-hybridized carbons (Fsp3) is 0.524. The molecule has 0 rings (SSSR count). The van der Waals surface area contributed by atoms with E-state index in [4.69, 9.17) is 20.3 Å². The van der Waals surface area contributed by atoms with Crippen molar-refractivity contribution in [1.29, 1.82) is 0 Å². The summed E-state index contributed by atoms with van der Waals surface area (Å²) in [7, 11) is -4.83. The van der Waals surface area contributed by atoms with Gasteiger partial charge < -0.3 is 25.4 Å². The highest BCUT2D eigenvalue weighted by Crippen LogP contribution is 2.36. The van der Waals surface area contributed by atoms with Crippen LogP contribution in [0.2, 0.25) is 0 Å². The van der Waals surface area contributed by atoms with E-state index in [9.17, 15) is 22.8 Å². The van der Waals surface area contributed by atoms with Crippen LogP contribution in [0.5, 0.6) is 0 Å². The highest BCUT2D eigenvalue weighted by molar-refractivity contribution is 7.46. The van der Waals surface area contributed by atoms with Crippen LogP contribution >= 0.6 is 7.82 Å². The minimum absolute atomic E-state index is 0.120. The number of ether oxygens (including phenoxy) is 1. The normalized spacial score (nSPS) is 16.5. The van der Waals surface area contributed by atoms with Gasteiger partial charge in [0.15, 0.2) is 0 Å². The molecule has 0 heterocycles. The molecule has 1 unspecified atom stereocenters. The van der Waals surface area contributed by atoms with Crippen molar-refractivity contribution in [3.05, 3.63) is 59.8 Å². The van der Waals surface area contributed by atoms with Gasteiger partial charge in [-0.2, -0.15) is 13.2 Å². The summed E-state index contributed by atoms with van der Waals surface area (Å²) < 4.78 is 60.4. The Kier molecular flexibility index (Phi) is 14.6. The summed E-state index contributed by atoms with van der Waals surface area (Å²) in [5.41, 5.74) is 3.30. The molecule has 7 nitrogen and oxygen atoms in total. The summed E-state index contributed by atoms with van der Waals surface area (Å²) >= 11 is 0. The Bertz CT molecular complexity index is 740. The molecule has 0 radical (unpaired) electrons. The second-order valence-electron chi connectivity index (χ2n) is 6.95. The maximum absolute atomic E-state index is 13.4. The summed E-state index contributed by atoms with van der Waals surface area (Å²) in [6, 6.07) is 0. The predicted molar refractivity (Wildman–Crippen MR) is 118 cm³/mol. The number of halogens is 3. The molecule has 0 aliphatic carbocycles. The number of allylic oxidation sites excluding steroid dienone is 8. The molecular weight excluding hydrogens is 450 g/mol. The Morgan fingerprint density at radius 3 is 2.38 bits per heavy atom. The topological polar surface area (TPSA) is 122 Å². The number of hydrogen-bond acceptors (Lipinski definition) is 5. The van der Waals surface area contributed by atoms with Crippen LogP contribution in [-0.2, 0) is 13.8 Å². The third kappa shape index (κ3) is 15.3. The third-order valence-corrected chi connectivity index (χ3v) is 4.51. The van der Waals surface area contributed by atoms with Gasteiger partial charge in [0.25, 0.3) is 0 Å². The van der Waals surface area contributed by atoms with Crippen LogP contribution in [0.3, 0.4) is 0 Å². The monoisotopic (exact) mass is 483 g/mol. The molecule has 184 valence electrons. The number of hydrogen-bond donors (Lipinski definition) is 4. The zero-order chi connectivity index (χ0) is 24.7.